The van der Waals surface area contributed by atoms with E-state index in [2.05, 4.69) is 10.3 Å². The maximum absolute atomic E-state index is 11.2. The van der Waals surface area contributed by atoms with Gasteiger partial charge in [-0.2, -0.15) is 0 Å². The van der Waals surface area contributed by atoms with Gasteiger partial charge in [0, 0.05) is 29.2 Å². The smallest absolute Gasteiger partial charge is 0.221 e. The number of aromatic nitrogens is 1. The predicted molar refractivity (Wildman–Crippen MR) is 90.5 cm³/mol. The minimum absolute atomic E-state index is 0.0592. The second kappa shape index (κ2) is 7.02. The van der Waals surface area contributed by atoms with Crippen molar-refractivity contribution in [3.8, 4) is 5.75 Å². The Balaban J connectivity index is 2.07. The zero-order valence-electron chi connectivity index (χ0n) is 13.8. The molecular formula is C17H25N3O3. The molecule has 1 aromatic heterocycles. The first-order valence-corrected chi connectivity index (χ1v) is 7.69. The Labute approximate surface area is 136 Å². The molecule has 1 amide bonds. The molecule has 0 bridgehead atoms. The molecule has 0 radical (unpaired) electrons. The molecule has 0 fully saturated rings. The Hall–Kier alpha value is -2.05. The van der Waals surface area contributed by atoms with Crippen molar-refractivity contribution < 1.29 is 14.6 Å². The van der Waals surface area contributed by atoms with Crippen molar-refractivity contribution in [1.82, 2.24) is 10.3 Å². The van der Waals surface area contributed by atoms with E-state index in [1.165, 1.54) is 0 Å². The molecule has 2 aromatic rings. The summed E-state index contributed by atoms with van der Waals surface area (Å²) in [4.78, 5) is 14.3. The van der Waals surface area contributed by atoms with Crippen molar-refractivity contribution in [3.63, 3.8) is 0 Å². The van der Waals surface area contributed by atoms with Gasteiger partial charge in [0.2, 0.25) is 5.91 Å². The maximum Gasteiger partial charge on any atom is 0.221 e. The monoisotopic (exact) mass is 319 g/mol. The Morgan fingerprint density at radius 3 is 2.83 bits per heavy atom. The highest BCUT2D eigenvalue weighted by Gasteiger charge is 2.15. The first-order valence-electron chi connectivity index (χ1n) is 7.69. The number of rotatable bonds is 7. The van der Waals surface area contributed by atoms with Crippen molar-refractivity contribution >= 4 is 16.8 Å². The van der Waals surface area contributed by atoms with Crippen LogP contribution in [0.4, 0.5) is 0 Å². The zero-order chi connectivity index (χ0) is 17.0. The molecule has 6 heteroatoms. The molecular weight excluding hydrogens is 294 g/mol. The lowest BCUT2D eigenvalue weighted by atomic mass is 10.1. The third-order valence-corrected chi connectivity index (χ3v) is 3.41. The number of carbonyl (C=O) groups excluding carboxylic acids is 1. The van der Waals surface area contributed by atoms with Gasteiger partial charge in [0.25, 0.3) is 0 Å². The Morgan fingerprint density at radius 2 is 2.17 bits per heavy atom. The third kappa shape index (κ3) is 4.97. The number of aromatic amines is 1. The number of benzene rings is 1. The number of hydrogen-bond donors (Lipinski definition) is 4. The van der Waals surface area contributed by atoms with Gasteiger partial charge < -0.3 is 25.9 Å². The molecule has 0 saturated carbocycles. The van der Waals surface area contributed by atoms with Crippen LogP contribution in [-0.4, -0.2) is 40.8 Å². The minimum atomic E-state index is -0.622. The van der Waals surface area contributed by atoms with Crippen molar-refractivity contribution in [2.45, 2.75) is 38.8 Å². The number of β-amino-alcohol motifs (C(OH)–C–C–N with tert-alkyl or cyclic N) is 1. The van der Waals surface area contributed by atoms with E-state index in [0.29, 0.717) is 12.3 Å². The molecule has 0 unspecified atom stereocenters. The lowest BCUT2D eigenvalue weighted by Crippen LogP contribution is -2.42. The van der Waals surface area contributed by atoms with Gasteiger partial charge in [0.1, 0.15) is 18.5 Å². The fraction of sp³-hybridized carbons (Fsp3) is 0.471. The van der Waals surface area contributed by atoms with Gasteiger partial charge >= 0.3 is 0 Å². The largest absolute Gasteiger partial charge is 0.490 e. The van der Waals surface area contributed by atoms with E-state index in [4.69, 9.17) is 10.5 Å². The Morgan fingerprint density at radius 1 is 1.43 bits per heavy atom. The third-order valence-electron chi connectivity index (χ3n) is 3.41. The van der Waals surface area contributed by atoms with E-state index in [1.807, 2.05) is 39.0 Å². The summed E-state index contributed by atoms with van der Waals surface area (Å²) in [6.07, 6.45) is 1.29. The summed E-state index contributed by atoms with van der Waals surface area (Å²) < 4.78 is 5.76. The number of H-pyrrole nitrogens is 1. The molecule has 6 nitrogen and oxygen atoms in total. The summed E-state index contributed by atoms with van der Waals surface area (Å²) in [5.41, 5.74) is 6.90. The summed E-state index contributed by atoms with van der Waals surface area (Å²) in [6.45, 7) is 6.73. The molecule has 1 atom stereocenters. The number of primary amides is 1. The van der Waals surface area contributed by atoms with Gasteiger partial charge in [-0.25, -0.2) is 0 Å². The molecule has 0 aliphatic carbocycles. The second-order valence-corrected chi connectivity index (χ2v) is 6.73. The van der Waals surface area contributed by atoms with Crippen molar-refractivity contribution in [1.29, 1.82) is 0 Å². The number of ether oxygens (including phenoxy) is 1. The number of amides is 1. The molecule has 23 heavy (non-hydrogen) atoms. The second-order valence-electron chi connectivity index (χ2n) is 6.73. The molecule has 5 N–H and O–H groups in total. The van der Waals surface area contributed by atoms with Crippen LogP contribution in [0, 0.1) is 0 Å². The van der Waals surface area contributed by atoms with Crippen LogP contribution in [-0.2, 0) is 11.2 Å². The van der Waals surface area contributed by atoms with Crippen molar-refractivity contribution in [2.24, 2.45) is 5.73 Å². The van der Waals surface area contributed by atoms with Crippen LogP contribution in [0.1, 0.15) is 26.3 Å². The highest BCUT2D eigenvalue weighted by molar-refractivity contribution is 5.92. The van der Waals surface area contributed by atoms with E-state index >= 15 is 0 Å². The van der Waals surface area contributed by atoms with Gasteiger partial charge in [0.15, 0.2) is 0 Å². The van der Waals surface area contributed by atoms with E-state index in [1.54, 1.807) is 6.20 Å². The van der Waals surface area contributed by atoms with E-state index < -0.39 is 12.0 Å². The quantitative estimate of drug-likeness (QED) is 0.618. The number of hydrogen-bond acceptors (Lipinski definition) is 4. The molecule has 0 spiro atoms. The van der Waals surface area contributed by atoms with Gasteiger partial charge in [0.05, 0.1) is 6.42 Å². The summed E-state index contributed by atoms with van der Waals surface area (Å²) in [5.74, 6) is 0.241. The molecule has 1 aromatic carbocycles. The lowest BCUT2D eigenvalue weighted by molar-refractivity contribution is -0.117. The first-order chi connectivity index (χ1) is 10.8. The van der Waals surface area contributed by atoms with Crippen LogP contribution in [0.5, 0.6) is 5.75 Å². The van der Waals surface area contributed by atoms with Gasteiger partial charge in [-0.15, -0.1) is 0 Å². The van der Waals surface area contributed by atoms with Gasteiger partial charge in [-0.1, -0.05) is 6.07 Å². The SMILES string of the molecule is CC(C)(C)NC[C@@H](O)COc1cccc2[nH]cc(CC(N)=O)c12. The van der Waals surface area contributed by atoms with E-state index in [-0.39, 0.29) is 18.6 Å². The highest BCUT2D eigenvalue weighted by atomic mass is 16.5. The summed E-state index contributed by atoms with van der Waals surface area (Å²) in [7, 11) is 0. The van der Waals surface area contributed by atoms with Gasteiger partial charge in [-0.05, 0) is 38.5 Å². The fourth-order valence-electron chi connectivity index (χ4n) is 2.34. The van der Waals surface area contributed by atoms with Crippen LogP contribution in [0.2, 0.25) is 0 Å². The summed E-state index contributed by atoms with van der Waals surface area (Å²) in [5, 5.41) is 14.1. The van der Waals surface area contributed by atoms with Crippen LogP contribution in [0.3, 0.4) is 0 Å². The average Bonchev–Trinajstić information content (AvgIpc) is 2.85. The van der Waals surface area contributed by atoms with Crippen LogP contribution < -0.4 is 15.8 Å². The number of carbonyl (C=O) groups is 1. The average molecular weight is 319 g/mol. The van der Waals surface area contributed by atoms with E-state index in [9.17, 15) is 9.90 Å². The summed E-state index contributed by atoms with van der Waals surface area (Å²) >= 11 is 0. The molecule has 0 aliphatic heterocycles. The molecule has 1 heterocycles. The first kappa shape index (κ1) is 17.3. The number of aliphatic hydroxyl groups is 1. The molecule has 126 valence electrons. The standard InChI is InChI=1S/C17H25N3O3/c1-17(2,3)20-9-12(21)10-23-14-6-4-5-13-16(14)11(8-19-13)7-15(18)22/h4-6,8,12,19-21H,7,9-10H2,1-3H3,(H2,18,22)/t12-/m1/s1. The molecule has 0 saturated heterocycles. The zero-order valence-corrected chi connectivity index (χ0v) is 13.8. The van der Waals surface area contributed by atoms with E-state index in [0.717, 1.165) is 16.5 Å². The Bertz CT molecular complexity index is 673. The van der Waals surface area contributed by atoms with Crippen LogP contribution in [0.15, 0.2) is 24.4 Å². The Kier molecular flexibility index (Phi) is 5.28. The fourth-order valence-corrected chi connectivity index (χ4v) is 2.34. The summed E-state index contributed by atoms with van der Waals surface area (Å²) in [6, 6.07) is 5.59. The van der Waals surface area contributed by atoms with Crippen LogP contribution >= 0.6 is 0 Å². The van der Waals surface area contributed by atoms with Crippen LogP contribution in [0.25, 0.3) is 10.9 Å². The number of nitrogens with one attached hydrogen (secondary N) is 2. The normalized spacial score (nSPS) is 13.2. The lowest BCUT2D eigenvalue weighted by Gasteiger charge is -2.23. The number of aliphatic hydroxyl groups excluding tert-OH is 1. The maximum atomic E-state index is 11.2. The number of fused-ring (bicyclic) bond motifs is 1. The number of nitrogens with two attached hydrogens (primary N) is 1. The molecule has 0 aliphatic rings. The highest BCUT2D eigenvalue weighted by Crippen LogP contribution is 2.29. The van der Waals surface area contributed by atoms with Crippen molar-refractivity contribution in [3.05, 3.63) is 30.0 Å². The topological polar surface area (TPSA) is 100 Å². The minimum Gasteiger partial charge on any atom is -0.490 e. The van der Waals surface area contributed by atoms with Gasteiger partial charge in [-0.3, -0.25) is 4.79 Å². The predicted octanol–water partition coefficient (Wildman–Crippen LogP) is 1.32. The van der Waals surface area contributed by atoms with Crippen molar-refractivity contribution in [2.75, 3.05) is 13.2 Å². The molecule has 2 rings (SSSR count).